The summed E-state index contributed by atoms with van der Waals surface area (Å²) in [4.78, 5) is 28.2. The molecule has 0 aliphatic carbocycles. The van der Waals surface area contributed by atoms with Crippen LogP contribution in [0.15, 0.2) is 25.0 Å². The van der Waals surface area contributed by atoms with Crippen molar-refractivity contribution in [1.29, 1.82) is 0 Å². The maximum absolute atomic E-state index is 12.0. The Balaban J connectivity index is 1.61. The zero-order valence-electron chi connectivity index (χ0n) is 12.2. The van der Waals surface area contributed by atoms with Gasteiger partial charge in [0, 0.05) is 18.8 Å². The Labute approximate surface area is 135 Å². The largest absolute Gasteiger partial charge is 0.437 e. The highest BCUT2D eigenvalue weighted by atomic mass is 31.2. The molecule has 2 aromatic heterocycles. The Morgan fingerprint density at radius 1 is 1.54 bits per heavy atom. The third-order valence-electron chi connectivity index (χ3n) is 3.42. The van der Waals surface area contributed by atoms with E-state index in [0.717, 1.165) is 10.7 Å². The lowest BCUT2D eigenvalue weighted by Crippen LogP contribution is -2.26. The number of nitrogens with zero attached hydrogens (tertiary/aromatic N) is 5. The summed E-state index contributed by atoms with van der Waals surface area (Å²) in [6.07, 6.45) is 2.69. The number of amides is 1. The molecule has 3 heterocycles. The first-order chi connectivity index (χ1) is 11.4. The standard InChI is InChI=1S/C11H15N6O6P/c12-10(19)11-14-6-17(15-11)9-3-7(18)8(23-9)4-22-24(20,21)16-2-1-13-5-16/h1-2,5-9,18H,3-4H2,(H2,12,19)(H,20,21)/t7-,8+,9+/m0/s1. The van der Waals surface area contributed by atoms with Crippen molar-refractivity contribution in [1.82, 2.24) is 24.1 Å². The van der Waals surface area contributed by atoms with Crippen molar-refractivity contribution in [3.8, 4) is 0 Å². The van der Waals surface area contributed by atoms with Gasteiger partial charge in [-0.1, -0.05) is 0 Å². The van der Waals surface area contributed by atoms with Crippen LogP contribution in [0, 0.1) is 0 Å². The lowest BCUT2D eigenvalue weighted by atomic mass is 10.2. The molecule has 4 N–H and O–H groups in total. The van der Waals surface area contributed by atoms with Crippen LogP contribution in [0.5, 0.6) is 0 Å². The second-order valence-corrected chi connectivity index (χ2v) is 6.77. The van der Waals surface area contributed by atoms with E-state index in [1.807, 2.05) is 0 Å². The van der Waals surface area contributed by atoms with Crippen LogP contribution in [0.25, 0.3) is 0 Å². The fourth-order valence-corrected chi connectivity index (χ4v) is 3.09. The SMILES string of the molecule is NC(=O)c1ncn([C@H]2C[C@H](O)[C@@H](COP(=O)(O)n3ccnc3)O2)n1. The number of rotatable bonds is 6. The number of hydrogen-bond acceptors (Lipinski definition) is 8. The third kappa shape index (κ3) is 3.37. The number of primary amides is 1. The highest BCUT2D eigenvalue weighted by molar-refractivity contribution is 7.51. The predicted octanol–water partition coefficient (Wildman–Crippen LogP) is -1.11. The highest BCUT2D eigenvalue weighted by Gasteiger charge is 2.37. The molecule has 0 saturated carbocycles. The molecule has 2 aromatic rings. The third-order valence-corrected chi connectivity index (χ3v) is 4.72. The van der Waals surface area contributed by atoms with Gasteiger partial charge in [-0.3, -0.25) is 9.32 Å². The average Bonchev–Trinajstić information content (AvgIpc) is 3.26. The summed E-state index contributed by atoms with van der Waals surface area (Å²) in [6.45, 7) is -0.318. The van der Waals surface area contributed by atoms with Gasteiger partial charge in [0.15, 0.2) is 6.23 Å². The number of carbonyl (C=O) groups is 1. The minimum Gasteiger partial charge on any atom is -0.390 e. The molecule has 0 bridgehead atoms. The van der Waals surface area contributed by atoms with Crippen molar-refractivity contribution in [2.75, 3.05) is 6.61 Å². The monoisotopic (exact) mass is 358 g/mol. The summed E-state index contributed by atoms with van der Waals surface area (Å²) in [7, 11) is -4.11. The first-order valence-electron chi connectivity index (χ1n) is 6.87. The molecule has 12 nitrogen and oxygen atoms in total. The van der Waals surface area contributed by atoms with Crippen molar-refractivity contribution in [3.63, 3.8) is 0 Å². The number of imidazole rings is 1. The van der Waals surface area contributed by atoms with Crippen molar-refractivity contribution in [2.45, 2.75) is 24.9 Å². The predicted molar refractivity (Wildman–Crippen MR) is 76.5 cm³/mol. The zero-order chi connectivity index (χ0) is 17.3. The maximum atomic E-state index is 12.0. The summed E-state index contributed by atoms with van der Waals surface area (Å²) in [5, 5.41) is 13.9. The molecule has 0 spiro atoms. The molecule has 1 amide bonds. The van der Waals surface area contributed by atoms with Gasteiger partial charge in [-0.05, 0) is 0 Å². The van der Waals surface area contributed by atoms with Gasteiger partial charge in [0.1, 0.15) is 18.8 Å². The fraction of sp³-hybridized carbons (Fsp3) is 0.455. The van der Waals surface area contributed by atoms with Crippen molar-refractivity contribution >= 4 is 13.7 Å². The number of hydrogen-bond donors (Lipinski definition) is 3. The number of aliphatic hydroxyl groups is 1. The Bertz CT molecular complexity index is 763. The minimum atomic E-state index is -4.11. The highest BCUT2D eigenvalue weighted by Crippen LogP contribution is 2.44. The van der Waals surface area contributed by atoms with Gasteiger partial charge >= 0.3 is 7.75 Å². The van der Waals surface area contributed by atoms with Crippen LogP contribution in [0.2, 0.25) is 0 Å². The van der Waals surface area contributed by atoms with E-state index in [9.17, 15) is 19.4 Å². The van der Waals surface area contributed by atoms with E-state index >= 15 is 0 Å². The number of aromatic nitrogens is 5. The van der Waals surface area contributed by atoms with E-state index in [0.29, 0.717) is 0 Å². The molecule has 13 heteroatoms. The normalized spacial score (nSPS) is 26.3. The molecule has 1 fully saturated rings. The molecule has 1 saturated heterocycles. The number of nitrogens with two attached hydrogens (primary N) is 1. The average molecular weight is 358 g/mol. The quantitative estimate of drug-likeness (QED) is 0.542. The molecule has 1 aliphatic heterocycles. The van der Waals surface area contributed by atoms with Crippen LogP contribution in [-0.4, -0.2) is 58.8 Å². The molecule has 1 unspecified atom stereocenters. The van der Waals surface area contributed by atoms with E-state index in [1.165, 1.54) is 23.4 Å². The lowest BCUT2D eigenvalue weighted by Gasteiger charge is -2.18. The first-order valence-corrected chi connectivity index (χ1v) is 8.40. The summed E-state index contributed by atoms with van der Waals surface area (Å²) in [5.74, 6) is -0.957. The van der Waals surface area contributed by atoms with Gasteiger partial charge < -0.3 is 20.5 Å². The molecule has 0 radical (unpaired) electrons. The molecule has 24 heavy (non-hydrogen) atoms. The summed E-state index contributed by atoms with van der Waals surface area (Å²) in [5.41, 5.74) is 5.07. The van der Waals surface area contributed by atoms with E-state index in [4.69, 9.17) is 15.0 Å². The zero-order valence-corrected chi connectivity index (χ0v) is 13.1. The van der Waals surface area contributed by atoms with Crippen LogP contribution >= 0.6 is 7.75 Å². The lowest BCUT2D eigenvalue weighted by molar-refractivity contribution is -0.0454. The van der Waals surface area contributed by atoms with Crippen LogP contribution in [0.4, 0.5) is 0 Å². The summed E-state index contributed by atoms with van der Waals surface area (Å²) in [6, 6.07) is 0. The van der Waals surface area contributed by atoms with E-state index in [2.05, 4.69) is 15.1 Å². The second kappa shape index (κ2) is 6.42. The Hall–Kier alpha value is -2.11. The van der Waals surface area contributed by atoms with Crippen molar-refractivity contribution < 1.29 is 28.6 Å². The first kappa shape index (κ1) is 16.7. The van der Waals surface area contributed by atoms with Crippen LogP contribution in [-0.2, 0) is 13.8 Å². The molecule has 3 rings (SSSR count). The molecule has 130 valence electrons. The minimum absolute atomic E-state index is 0.149. The van der Waals surface area contributed by atoms with Crippen molar-refractivity contribution in [3.05, 3.63) is 30.9 Å². The van der Waals surface area contributed by atoms with Gasteiger partial charge in [-0.25, -0.2) is 23.6 Å². The fourth-order valence-electron chi connectivity index (χ4n) is 2.19. The summed E-state index contributed by atoms with van der Waals surface area (Å²) < 4.78 is 24.7. The maximum Gasteiger partial charge on any atom is 0.437 e. The topological polar surface area (TPSA) is 168 Å². The Kier molecular flexibility index (Phi) is 4.47. The number of carbonyl (C=O) groups excluding carboxylic acids is 1. The molecule has 4 atom stereocenters. The van der Waals surface area contributed by atoms with Crippen LogP contribution < -0.4 is 5.73 Å². The summed E-state index contributed by atoms with van der Waals surface area (Å²) >= 11 is 0. The van der Waals surface area contributed by atoms with Gasteiger partial charge in [0.25, 0.3) is 5.91 Å². The van der Waals surface area contributed by atoms with Crippen LogP contribution in [0.1, 0.15) is 23.3 Å². The van der Waals surface area contributed by atoms with E-state index in [1.54, 1.807) is 0 Å². The second-order valence-electron chi connectivity index (χ2n) is 5.07. The van der Waals surface area contributed by atoms with Gasteiger partial charge in [0.05, 0.1) is 12.7 Å². The van der Waals surface area contributed by atoms with E-state index in [-0.39, 0.29) is 18.9 Å². The Morgan fingerprint density at radius 2 is 2.33 bits per heavy atom. The van der Waals surface area contributed by atoms with Crippen LogP contribution in [0.3, 0.4) is 0 Å². The van der Waals surface area contributed by atoms with Gasteiger partial charge in [-0.2, -0.15) is 0 Å². The number of aliphatic hydroxyl groups excluding tert-OH is 1. The van der Waals surface area contributed by atoms with Gasteiger partial charge in [0.2, 0.25) is 5.82 Å². The molecular formula is C11H15N6O6P. The number of ether oxygens (including phenoxy) is 1. The molecule has 1 aliphatic rings. The molecule has 0 aromatic carbocycles. The Morgan fingerprint density at radius 3 is 2.96 bits per heavy atom. The van der Waals surface area contributed by atoms with Gasteiger partial charge in [-0.15, -0.1) is 5.10 Å². The molecular weight excluding hydrogens is 343 g/mol. The van der Waals surface area contributed by atoms with Crippen molar-refractivity contribution in [2.24, 2.45) is 5.73 Å². The van der Waals surface area contributed by atoms with E-state index < -0.39 is 32.1 Å². The smallest absolute Gasteiger partial charge is 0.390 e.